The van der Waals surface area contributed by atoms with Crippen molar-refractivity contribution in [1.29, 1.82) is 0 Å². The molecule has 0 amide bonds. The van der Waals surface area contributed by atoms with Crippen molar-refractivity contribution in [2.24, 2.45) is 0 Å². The van der Waals surface area contributed by atoms with Crippen molar-refractivity contribution in [2.75, 3.05) is 0 Å². The Kier molecular flexibility index (Phi) is 4.23. The van der Waals surface area contributed by atoms with Crippen LogP contribution in [-0.4, -0.2) is 13.3 Å². The van der Waals surface area contributed by atoms with Gasteiger partial charge in [0.15, 0.2) is 0 Å². The smallest absolute Gasteiger partial charge is 0.339 e. The Bertz CT molecular complexity index is 753. The molecule has 6 nitrogen and oxygen atoms in total. The highest BCUT2D eigenvalue weighted by atomic mass is 32.2. The number of nitro groups is 1. The number of hydrogen-bond acceptors (Lipinski definition) is 5. The molecule has 21 heavy (non-hydrogen) atoms. The molecule has 0 atom stereocenters. The Morgan fingerprint density at radius 3 is 2.29 bits per heavy atom. The van der Waals surface area contributed by atoms with Gasteiger partial charge in [0.25, 0.3) is 5.69 Å². The van der Waals surface area contributed by atoms with Gasteiger partial charge in [-0.1, -0.05) is 25.1 Å². The number of nitro benzene ring substituents is 1. The molecule has 2 rings (SSSR count). The zero-order valence-electron chi connectivity index (χ0n) is 11.2. The molecule has 0 spiro atoms. The van der Waals surface area contributed by atoms with Gasteiger partial charge in [0.05, 0.1) is 4.92 Å². The third-order valence-corrected chi connectivity index (χ3v) is 4.14. The van der Waals surface area contributed by atoms with E-state index >= 15 is 0 Å². The van der Waals surface area contributed by atoms with E-state index in [0.717, 1.165) is 29.8 Å². The van der Waals surface area contributed by atoms with Crippen LogP contribution in [0.25, 0.3) is 0 Å². The predicted octanol–water partition coefficient (Wildman–Crippen LogP) is 2.92. The molecule has 2 aromatic carbocycles. The molecule has 0 aliphatic heterocycles. The fourth-order valence-corrected chi connectivity index (χ4v) is 2.74. The third-order valence-electron chi connectivity index (χ3n) is 2.89. The van der Waals surface area contributed by atoms with E-state index in [1.807, 2.05) is 6.92 Å². The highest BCUT2D eigenvalue weighted by molar-refractivity contribution is 7.87. The number of benzene rings is 2. The zero-order valence-corrected chi connectivity index (χ0v) is 12.0. The molecule has 7 heteroatoms. The lowest BCUT2D eigenvalue weighted by molar-refractivity contribution is -0.384. The minimum Gasteiger partial charge on any atom is -0.379 e. The lowest BCUT2D eigenvalue weighted by Crippen LogP contribution is -2.10. The standard InChI is InChI=1S/C14H13NO5S/c1-2-11-5-3-4-6-14(11)20-21(18,19)13-9-7-12(8-10-13)15(16)17/h3-10H,2H2,1H3. The van der Waals surface area contributed by atoms with Crippen molar-refractivity contribution in [2.45, 2.75) is 18.2 Å². The molecule has 0 saturated carbocycles. The van der Waals surface area contributed by atoms with E-state index in [-0.39, 0.29) is 16.3 Å². The first-order valence-electron chi connectivity index (χ1n) is 6.21. The second-order valence-electron chi connectivity index (χ2n) is 4.25. The Morgan fingerprint density at radius 2 is 1.71 bits per heavy atom. The summed E-state index contributed by atoms with van der Waals surface area (Å²) in [6.07, 6.45) is 0.631. The van der Waals surface area contributed by atoms with Crippen molar-refractivity contribution < 1.29 is 17.5 Å². The predicted molar refractivity (Wildman–Crippen MR) is 76.7 cm³/mol. The van der Waals surface area contributed by atoms with E-state index in [2.05, 4.69) is 0 Å². The van der Waals surface area contributed by atoms with Crippen LogP contribution in [-0.2, 0) is 16.5 Å². The van der Waals surface area contributed by atoms with E-state index in [9.17, 15) is 18.5 Å². The van der Waals surface area contributed by atoms with E-state index in [1.165, 1.54) is 0 Å². The summed E-state index contributed by atoms with van der Waals surface area (Å²) >= 11 is 0. The van der Waals surface area contributed by atoms with E-state index in [1.54, 1.807) is 24.3 Å². The van der Waals surface area contributed by atoms with Gasteiger partial charge in [-0.3, -0.25) is 10.1 Å². The van der Waals surface area contributed by atoms with Gasteiger partial charge in [0.1, 0.15) is 10.6 Å². The Morgan fingerprint density at radius 1 is 1.10 bits per heavy atom. The summed E-state index contributed by atoms with van der Waals surface area (Å²) in [4.78, 5) is 9.84. The molecule has 0 bridgehead atoms. The monoisotopic (exact) mass is 307 g/mol. The average Bonchev–Trinajstić information content (AvgIpc) is 2.47. The van der Waals surface area contributed by atoms with Crippen molar-refractivity contribution in [3.63, 3.8) is 0 Å². The van der Waals surface area contributed by atoms with Gasteiger partial charge in [-0.15, -0.1) is 0 Å². The van der Waals surface area contributed by atoms with Crippen LogP contribution in [0.3, 0.4) is 0 Å². The summed E-state index contributed by atoms with van der Waals surface area (Å²) in [5, 5.41) is 10.6. The second-order valence-corrected chi connectivity index (χ2v) is 5.80. The molecule has 0 aliphatic rings. The van der Waals surface area contributed by atoms with Crippen LogP contribution >= 0.6 is 0 Å². The van der Waals surface area contributed by atoms with Crippen LogP contribution in [0.15, 0.2) is 53.4 Å². The zero-order chi connectivity index (χ0) is 15.5. The average molecular weight is 307 g/mol. The Balaban J connectivity index is 2.32. The van der Waals surface area contributed by atoms with Crippen LogP contribution < -0.4 is 4.18 Å². The van der Waals surface area contributed by atoms with E-state index in [4.69, 9.17) is 4.18 Å². The highest BCUT2D eigenvalue weighted by Crippen LogP contribution is 2.24. The van der Waals surface area contributed by atoms with Crippen molar-refractivity contribution in [3.8, 4) is 5.75 Å². The number of para-hydroxylation sites is 1. The fourth-order valence-electron chi connectivity index (χ4n) is 1.78. The topological polar surface area (TPSA) is 86.5 Å². The van der Waals surface area contributed by atoms with Gasteiger partial charge >= 0.3 is 10.1 Å². The van der Waals surface area contributed by atoms with E-state index < -0.39 is 15.0 Å². The lowest BCUT2D eigenvalue weighted by atomic mass is 10.1. The van der Waals surface area contributed by atoms with Crippen LogP contribution in [0.1, 0.15) is 12.5 Å². The van der Waals surface area contributed by atoms with Crippen LogP contribution in [0, 0.1) is 10.1 Å². The Labute approximate surface area is 122 Å². The first-order valence-corrected chi connectivity index (χ1v) is 7.61. The maximum Gasteiger partial charge on any atom is 0.339 e. The third kappa shape index (κ3) is 3.38. The molecule has 2 aromatic rings. The summed E-state index contributed by atoms with van der Waals surface area (Å²) in [6, 6.07) is 11.4. The second kappa shape index (κ2) is 5.92. The van der Waals surface area contributed by atoms with Crippen molar-refractivity contribution in [1.82, 2.24) is 0 Å². The van der Waals surface area contributed by atoms with Gasteiger partial charge in [-0.2, -0.15) is 8.42 Å². The Hall–Kier alpha value is -2.41. The first kappa shape index (κ1) is 15.0. The molecule has 0 heterocycles. The largest absolute Gasteiger partial charge is 0.379 e. The molecule has 0 aromatic heterocycles. The quantitative estimate of drug-likeness (QED) is 0.481. The fraction of sp³-hybridized carbons (Fsp3) is 0.143. The molecular formula is C14H13NO5S. The molecule has 110 valence electrons. The normalized spacial score (nSPS) is 11.1. The van der Waals surface area contributed by atoms with Crippen molar-refractivity contribution >= 4 is 15.8 Å². The maximum absolute atomic E-state index is 12.2. The molecule has 0 radical (unpaired) electrons. The number of hydrogen-bond donors (Lipinski definition) is 0. The van der Waals surface area contributed by atoms with Crippen LogP contribution in [0.5, 0.6) is 5.75 Å². The number of aryl methyl sites for hydroxylation is 1. The van der Waals surface area contributed by atoms with Gasteiger partial charge in [-0.05, 0) is 30.2 Å². The summed E-state index contributed by atoms with van der Waals surface area (Å²) in [6.45, 7) is 1.89. The van der Waals surface area contributed by atoms with Gasteiger partial charge < -0.3 is 4.18 Å². The SMILES string of the molecule is CCc1ccccc1OS(=O)(=O)c1ccc([N+](=O)[O-])cc1. The lowest BCUT2D eigenvalue weighted by Gasteiger charge is -2.10. The summed E-state index contributed by atoms with van der Waals surface area (Å²) in [5.41, 5.74) is 0.589. The first-order chi connectivity index (χ1) is 9.94. The van der Waals surface area contributed by atoms with Gasteiger partial charge in [0, 0.05) is 12.1 Å². The van der Waals surface area contributed by atoms with E-state index in [0.29, 0.717) is 6.42 Å². The number of rotatable bonds is 5. The maximum atomic E-state index is 12.2. The molecular weight excluding hydrogens is 294 g/mol. The van der Waals surface area contributed by atoms with Gasteiger partial charge in [0.2, 0.25) is 0 Å². The number of nitrogens with zero attached hydrogens (tertiary/aromatic N) is 1. The molecule has 0 unspecified atom stereocenters. The minimum absolute atomic E-state index is 0.126. The summed E-state index contributed by atoms with van der Waals surface area (Å²) in [7, 11) is -4.01. The minimum atomic E-state index is -4.01. The number of non-ortho nitro benzene ring substituents is 1. The van der Waals surface area contributed by atoms with Gasteiger partial charge in [-0.25, -0.2) is 0 Å². The summed E-state index contributed by atoms with van der Waals surface area (Å²) < 4.78 is 29.4. The van der Waals surface area contributed by atoms with Crippen LogP contribution in [0.4, 0.5) is 5.69 Å². The van der Waals surface area contributed by atoms with Crippen molar-refractivity contribution in [3.05, 3.63) is 64.2 Å². The summed E-state index contributed by atoms with van der Waals surface area (Å²) in [5.74, 6) is 0.262. The molecule has 0 aliphatic carbocycles. The molecule has 0 fully saturated rings. The molecule has 0 saturated heterocycles. The highest BCUT2D eigenvalue weighted by Gasteiger charge is 2.19. The molecule has 0 N–H and O–H groups in total. The van der Waals surface area contributed by atoms with Crippen LogP contribution in [0.2, 0.25) is 0 Å².